The molecule has 2 aromatic rings. The molecular formula is C15H12ClN3O. The van der Waals surface area contributed by atoms with Crippen molar-refractivity contribution in [3.63, 3.8) is 0 Å². The van der Waals surface area contributed by atoms with Crippen LogP contribution in [0.1, 0.15) is 5.56 Å². The molecule has 0 spiro atoms. The maximum absolute atomic E-state index is 12.1. The maximum atomic E-state index is 12.1. The number of hydrogen-bond acceptors (Lipinski definition) is 3. The van der Waals surface area contributed by atoms with Gasteiger partial charge in [-0.15, -0.1) is 0 Å². The van der Waals surface area contributed by atoms with Gasteiger partial charge in [0.05, 0.1) is 6.07 Å². The number of amides is 1. The van der Waals surface area contributed by atoms with Crippen molar-refractivity contribution >= 4 is 23.2 Å². The maximum Gasteiger partial charge on any atom is 0.242 e. The Kier molecular flexibility index (Phi) is 4.70. The van der Waals surface area contributed by atoms with Gasteiger partial charge in [-0.3, -0.25) is 9.78 Å². The highest BCUT2D eigenvalue weighted by Gasteiger charge is 2.18. The highest BCUT2D eigenvalue weighted by molar-refractivity contribution is 6.30. The Hall–Kier alpha value is -2.38. The summed E-state index contributed by atoms with van der Waals surface area (Å²) in [6.45, 7) is 0. The molecule has 5 heteroatoms. The minimum Gasteiger partial charge on any atom is -0.325 e. The smallest absolute Gasteiger partial charge is 0.242 e. The summed E-state index contributed by atoms with van der Waals surface area (Å²) in [5.41, 5.74) is 1.43. The second-order valence-corrected chi connectivity index (χ2v) is 4.68. The summed E-state index contributed by atoms with van der Waals surface area (Å²) in [6.07, 6.45) is 3.63. The molecule has 0 bridgehead atoms. The Morgan fingerprint density at radius 2 is 2.25 bits per heavy atom. The fraction of sp³-hybridized carbons (Fsp3) is 0.133. The number of aromatic nitrogens is 1. The third-order valence-corrected chi connectivity index (χ3v) is 2.96. The summed E-state index contributed by atoms with van der Waals surface area (Å²) >= 11 is 5.85. The van der Waals surface area contributed by atoms with E-state index in [9.17, 15) is 4.79 Å². The number of carbonyl (C=O) groups excluding carboxylic acids is 1. The first-order valence-electron chi connectivity index (χ1n) is 6.04. The van der Waals surface area contributed by atoms with Crippen LogP contribution in [0.4, 0.5) is 5.69 Å². The zero-order valence-corrected chi connectivity index (χ0v) is 11.3. The van der Waals surface area contributed by atoms with Crippen molar-refractivity contribution in [3.8, 4) is 6.07 Å². The molecule has 0 unspecified atom stereocenters. The fourth-order valence-electron chi connectivity index (χ4n) is 1.75. The van der Waals surface area contributed by atoms with Crippen LogP contribution in [0.2, 0.25) is 5.02 Å². The monoisotopic (exact) mass is 285 g/mol. The number of benzene rings is 1. The molecule has 100 valence electrons. The van der Waals surface area contributed by atoms with Gasteiger partial charge in [0.2, 0.25) is 5.91 Å². The van der Waals surface area contributed by atoms with Crippen molar-refractivity contribution in [1.82, 2.24) is 4.98 Å². The lowest BCUT2D eigenvalue weighted by Gasteiger charge is -2.10. The van der Waals surface area contributed by atoms with Crippen LogP contribution in [-0.4, -0.2) is 10.9 Å². The van der Waals surface area contributed by atoms with Crippen LogP contribution >= 0.6 is 11.6 Å². The predicted octanol–water partition coefficient (Wildman–Crippen LogP) is 3.06. The van der Waals surface area contributed by atoms with E-state index in [2.05, 4.69) is 10.3 Å². The largest absolute Gasteiger partial charge is 0.325 e. The Morgan fingerprint density at radius 1 is 1.40 bits per heavy atom. The Balaban J connectivity index is 2.05. The molecule has 1 amide bonds. The third kappa shape index (κ3) is 3.81. The summed E-state index contributed by atoms with van der Waals surface area (Å²) in [5, 5.41) is 12.4. The number of rotatable bonds is 4. The average Bonchev–Trinajstić information content (AvgIpc) is 2.45. The van der Waals surface area contributed by atoms with Gasteiger partial charge in [-0.1, -0.05) is 23.7 Å². The SMILES string of the molecule is N#C[C@H](Cc1cccnc1)C(=O)Nc1cccc(Cl)c1. The molecule has 0 aliphatic rings. The molecule has 0 fully saturated rings. The summed E-state index contributed by atoms with van der Waals surface area (Å²) in [4.78, 5) is 16.0. The molecule has 1 aromatic carbocycles. The van der Waals surface area contributed by atoms with Gasteiger partial charge in [0.15, 0.2) is 0 Å². The van der Waals surface area contributed by atoms with E-state index in [1.165, 1.54) is 0 Å². The lowest BCUT2D eigenvalue weighted by molar-refractivity contribution is -0.118. The number of nitrogens with one attached hydrogen (secondary N) is 1. The van der Waals surface area contributed by atoms with Crippen LogP contribution in [0.15, 0.2) is 48.8 Å². The molecule has 20 heavy (non-hydrogen) atoms. The number of hydrogen-bond donors (Lipinski definition) is 1. The van der Waals surface area contributed by atoms with E-state index in [1.54, 1.807) is 42.7 Å². The highest BCUT2D eigenvalue weighted by Crippen LogP contribution is 2.16. The van der Waals surface area contributed by atoms with Crippen molar-refractivity contribution < 1.29 is 4.79 Å². The van der Waals surface area contributed by atoms with E-state index >= 15 is 0 Å². The van der Waals surface area contributed by atoms with Crippen molar-refractivity contribution in [2.24, 2.45) is 5.92 Å². The molecule has 1 aromatic heterocycles. The van der Waals surface area contributed by atoms with Gasteiger partial charge in [-0.25, -0.2) is 0 Å². The fourth-order valence-corrected chi connectivity index (χ4v) is 1.94. The first-order valence-corrected chi connectivity index (χ1v) is 6.42. The van der Waals surface area contributed by atoms with Crippen LogP contribution in [0.25, 0.3) is 0 Å². The molecule has 1 heterocycles. The molecule has 4 nitrogen and oxygen atoms in total. The summed E-state index contributed by atoms with van der Waals surface area (Å²) in [5.74, 6) is -1.11. The Morgan fingerprint density at radius 3 is 2.90 bits per heavy atom. The second-order valence-electron chi connectivity index (χ2n) is 4.25. The van der Waals surface area contributed by atoms with E-state index in [4.69, 9.17) is 16.9 Å². The van der Waals surface area contributed by atoms with Crippen molar-refractivity contribution in [2.45, 2.75) is 6.42 Å². The molecule has 0 aliphatic carbocycles. The van der Waals surface area contributed by atoms with Crippen molar-refractivity contribution in [2.75, 3.05) is 5.32 Å². The third-order valence-electron chi connectivity index (χ3n) is 2.73. The van der Waals surface area contributed by atoms with E-state index < -0.39 is 5.92 Å². The van der Waals surface area contributed by atoms with Crippen LogP contribution in [0.5, 0.6) is 0 Å². The minimum atomic E-state index is -0.766. The molecule has 0 radical (unpaired) electrons. The Bertz CT molecular complexity index is 637. The van der Waals surface area contributed by atoms with Gasteiger partial charge in [0, 0.05) is 23.1 Å². The van der Waals surface area contributed by atoms with Crippen LogP contribution in [0, 0.1) is 17.2 Å². The van der Waals surface area contributed by atoms with E-state index in [0.717, 1.165) is 5.56 Å². The minimum absolute atomic E-state index is 0.330. The summed E-state index contributed by atoms with van der Waals surface area (Å²) in [7, 11) is 0. The number of halogens is 1. The topological polar surface area (TPSA) is 65.8 Å². The first-order chi connectivity index (χ1) is 9.69. The van der Waals surface area contributed by atoms with Gasteiger partial charge in [-0.05, 0) is 36.2 Å². The van der Waals surface area contributed by atoms with Gasteiger partial charge in [0.1, 0.15) is 5.92 Å². The highest BCUT2D eigenvalue weighted by atomic mass is 35.5. The molecule has 0 aliphatic heterocycles. The van der Waals surface area contributed by atoms with Gasteiger partial charge < -0.3 is 5.32 Å². The number of nitriles is 1. The molecule has 0 saturated carbocycles. The van der Waals surface area contributed by atoms with Gasteiger partial charge in [-0.2, -0.15) is 5.26 Å². The number of pyridine rings is 1. The number of anilines is 1. The molecule has 0 saturated heterocycles. The standard InChI is InChI=1S/C15H12ClN3O/c16-13-4-1-5-14(8-13)19-15(20)12(9-17)7-11-3-2-6-18-10-11/h1-6,8,10,12H,7H2,(H,19,20)/t12-/m0/s1. The van der Waals surface area contributed by atoms with E-state index in [-0.39, 0.29) is 5.91 Å². The van der Waals surface area contributed by atoms with Crippen LogP contribution < -0.4 is 5.32 Å². The van der Waals surface area contributed by atoms with E-state index in [1.807, 2.05) is 12.1 Å². The number of nitrogens with zero attached hydrogens (tertiary/aromatic N) is 2. The van der Waals surface area contributed by atoms with Crippen LogP contribution in [0.3, 0.4) is 0 Å². The Labute approximate surface area is 122 Å². The zero-order valence-electron chi connectivity index (χ0n) is 10.6. The second kappa shape index (κ2) is 6.69. The molecular weight excluding hydrogens is 274 g/mol. The van der Waals surface area contributed by atoms with E-state index in [0.29, 0.717) is 17.1 Å². The van der Waals surface area contributed by atoms with Gasteiger partial charge in [0.25, 0.3) is 0 Å². The molecule has 2 rings (SSSR count). The predicted molar refractivity (Wildman–Crippen MR) is 77.1 cm³/mol. The lowest BCUT2D eigenvalue weighted by atomic mass is 10.0. The zero-order chi connectivity index (χ0) is 14.4. The van der Waals surface area contributed by atoms with Gasteiger partial charge >= 0.3 is 0 Å². The van der Waals surface area contributed by atoms with Crippen molar-refractivity contribution in [1.29, 1.82) is 5.26 Å². The van der Waals surface area contributed by atoms with Crippen LogP contribution in [-0.2, 0) is 11.2 Å². The summed E-state index contributed by atoms with van der Waals surface area (Å²) in [6, 6.07) is 12.4. The normalized spacial score (nSPS) is 11.4. The summed E-state index contributed by atoms with van der Waals surface area (Å²) < 4.78 is 0. The first kappa shape index (κ1) is 14.0. The molecule has 1 atom stereocenters. The lowest BCUT2D eigenvalue weighted by Crippen LogP contribution is -2.23. The average molecular weight is 286 g/mol. The molecule has 1 N–H and O–H groups in total. The number of carbonyl (C=O) groups is 1. The van der Waals surface area contributed by atoms with Crippen molar-refractivity contribution in [3.05, 3.63) is 59.4 Å². The quantitative estimate of drug-likeness (QED) is 0.939.